The van der Waals surface area contributed by atoms with Crippen molar-refractivity contribution in [3.8, 4) is 39.6 Å². The number of aromatic nitrogens is 2. The molecule has 0 saturated carbocycles. The van der Waals surface area contributed by atoms with Crippen LogP contribution in [0.4, 0.5) is 49.6 Å². The molecular formula is C32H16F10N4O9S2. The summed E-state index contributed by atoms with van der Waals surface area (Å²) < 4.78 is 208. The Bertz CT molecular complexity index is 2890. The smallest absolute Gasteiger partial charge is 0.415 e. The van der Waals surface area contributed by atoms with E-state index in [1.807, 2.05) is 0 Å². The van der Waals surface area contributed by atoms with Crippen LogP contribution in [-0.4, -0.2) is 32.3 Å². The average Bonchev–Trinajstić information content (AvgIpc) is 3.66. The maximum Gasteiger partial charge on any atom is 0.573 e. The summed E-state index contributed by atoms with van der Waals surface area (Å²) in [5, 5.41) is 4.92. The molecular weight excluding hydrogens is 838 g/mol. The number of oxazole rings is 2. The van der Waals surface area contributed by atoms with Crippen LogP contribution in [0.3, 0.4) is 0 Å². The minimum atomic E-state index is -5.83. The molecule has 0 aliphatic heterocycles. The lowest BCUT2D eigenvalue weighted by Crippen LogP contribution is -2.22. The highest BCUT2D eigenvalue weighted by atomic mass is 32.2. The number of hydrogen-bond acceptors (Lipinski definition) is 9. The van der Waals surface area contributed by atoms with E-state index in [0.29, 0.717) is 64.1 Å². The molecule has 0 saturated heterocycles. The summed E-state index contributed by atoms with van der Waals surface area (Å²) in [6.07, 6.45) is -8.97. The third kappa shape index (κ3) is 7.88. The zero-order chi connectivity index (χ0) is 42.0. The first-order valence-electron chi connectivity index (χ1n) is 14.9. The molecule has 300 valence electrons. The maximum absolute atomic E-state index is 16.0. The van der Waals surface area contributed by atoms with Crippen LogP contribution in [-0.2, 0) is 26.2 Å². The molecule has 0 unspecified atom stereocenters. The van der Waals surface area contributed by atoms with E-state index in [4.69, 9.17) is 14.0 Å². The van der Waals surface area contributed by atoms with Crippen LogP contribution in [0.1, 0.15) is 5.56 Å². The fourth-order valence-electron chi connectivity index (χ4n) is 5.42. The van der Waals surface area contributed by atoms with Gasteiger partial charge in [-0.3, -0.25) is 4.72 Å². The Hall–Kier alpha value is -6.34. The van der Waals surface area contributed by atoms with Gasteiger partial charge in [0.1, 0.15) is 35.7 Å². The number of sulfonamides is 2. The number of nitrogens with two attached hydrogens (primary N) is 1. The topological polar surface area (TPSA) is 186 Å². The van der Waals surface area contributed by atoms with Crippen molar-refractivity contribution in [2.24, 2.45) is 5.14 Å². The Morgan fingerprint density at radius 2 is 1.23 bits per heavy atom. The highest BCUT2D eigenvalue weighted by molar-refractivity contribution is 7.92. The van der Waals surface area contributed by atoms with Crippen molar-refractivity contribution in [3.63, 3.8) is 0 Å². The lowest BCUT2D eigenvalue weighted by atomic mass is 10.1. The van der Waals surface area contributed by atoms with Gasteiger partial charge in [0.2, 0.25) is 10.0 Å². The number of halogens is 10. The van der Waals surface area contributed by atoms with Gasteiger partial charge in [0.05, 0.1) is 34.0 Å². The lowest BCUT2D eigenvalue weighted by molar-refractivity contribution is -0.274. The van der Waals surface area contributed by atoms with Crippen molar-refractivity contribution >= 4 is 25.7 Å². The molecule has 6 rings (SSSR count). The second-order valence-electron chi connectivity index (χ2n) is 11.4. The van der Waals surface area contributed by atoms with Crippen LogP contribution in [0, 0.1) is 23.3 Å². The Kier molecular flexibility index (Phi) is 9.90. The maximum atomic E-state index is 16.0. The number of nitrogens with one attached hydrogen (secondary N) is 1. The molecule has 13 nitrogen and oxygen atoms in total. The van der Waals surface area contributed by atoms with Gasteiger partial charge >= 0.3 is 24.1 Å². The van der Waals surface area contributed by atoms with Crippen LogP contribution >= 0.6 is 0 Å². The number of anilines is 1. The van der Waals surface area contributed by atoms with Crippen LogP contribution in [0.25, 0.3) is 33.9 Å². The largest absolute Gasteiger partial charge is 0.573 e. The van der Waals surface area contributed by atoms with Crippen molar-refractivity contribution in [1.82, 2.24) is 9.13 Å². The van der Waals surface area contributed by atoms with Gasteiger partial charge < -0.3 is 13.6 Å². The second kappa shape index (κ2) is 14.0. The van der Waals surface area contributed by atoms with Gasteiger partial charge in [-0.1, -0.05) is 6.07 Å². The van der Waals surface area contributed by atoms with Gasteiger partial charge in [-0.05, 0) is 54.6 Å². The first kappa shape index (κ1) is 40.3. The predicted molar refractivity (Wildman–Crippen MR) is 173 cm³/mol. The van der Waals surface area contributed by atoms with Gasteiger partial charge in [-0.25, -0.2) is 58.3 Å². The molecule has 0 spiro atoms. The van der Waals surface area contributed by atoms with Crippen LogP contribution in [0.2, 0.25) is 0 Å². The Balaban J connectivity index is 1.47. The first-order valence-corrected chi connectivity index (χ1v) is 17.9. The number of primary sulfonamides is 1. The van der Waals surface area contributed by atoms with E-state index in [-0.39, 0.29) is 11.8 Å². The fourth-order valence-corrected chi connectivity index (χ4v) is 7.31. The van der Waals surface area contributed by atoms with E-state index in [9.17, 15) is 52.8 Å². The van der Waals surface area contributed by atoms with Crippen LogP contribution in [0.15, 0.2) is 107 Å². The number of nitrogens with zero attached hydrogens (tertiary/aromatic N) is 2. The van der Waals surface area contributed by atoms with E-state index in [0.717, 1.165) is 18.2 Å². The molecule has 4 aromatic carbocycles. The van der Waals surface area contributed by atoms with E-state index in [2.05, 4.69) is 4.74 Å². The predicted octanol–water partition coefficient (Wildman–Crippen LogP) is 6.43. The molecule has 0 aliphatic carbocycles. The van der Waals surface area contributed by atoms with Crippen LogP contribution in [0.5, 0.6) is 5.75 Å². The summed E-state index contributed by atoms with van der Waals surface area (Å²) in [6.45, 7) is 0. The third-order valence-electron chi connectivity index (χ3n) is 7.69. The SMILES string of the molecule is NS(=O)(=O)c1c(F)cc(-c2coc(=O)n2-c2ccc(C(F)(F)F)cc2)c(NS(=O)(=O)c2c(F)cc(-c3coc(=O)n3-c3cccc(OC(F)(F)F)c3)cc2F)c1F. The summed E-state index contributed by atoms with van der Waals surface area (Å²) in [6, 6.07) is 6.74. The quantitative estimate of drug-likeness (QED) is 0.155. The highest BCUT2D eigenvalue weighted by Crippen LogP contribution is 2.39. The highest BCUT2D eigenvalue weighted by Gasteiger charge is 2.35. The summed E-state index contributed by atoms with van der Waals surface area (Å²) in [5.41, 5.74) is -6.84. The molecule has 2 aromatic heterocycles. The van der Waals surface area contributed by atoms with E-state index >= 15 is 17.6 Å². The standard InChI is InChI=1S/C32H16F10N4O9S2/c33-20-8-14(23-12-53-30(48)46(23)17-2-1-3-18(10-17)55-32(40,41)42)9-21(34)27(20)57(51,52)44-26-19(11-22(35)28(25(26)36)56(43,49)50)24-13-54-29(47)45(24)16-6-4-15(5-7-16)31(37,38)39/h1-13,44H,(H2,43,49,50). The number of rotatable bonds is 9. The molecule has 0 amide bonds. The van der Waals surface area contributed by atoms with Crippen molar-refractivity contribution in [1.29, 1.82) is 0 Å². The molecule has 3 N–H and O–H groups in total. The number of hydrogen-bond donors (Lipinski definition) is 2. The van der Waals surface area contributed by atoms with Gasteiger partial charge in [0.15, 0.2) is 15.6 Å². The van der Waals surface area contributed by atoms with E-state index in [1.54, 1.807) is 0 Å². The Labute approximate surface area is 309 Å². The lowest BCUT2D eigenvalue weighted by Gasteiger charge is -2.18. The summed E-state index contributed by atoms with van der Waals surface area (Å²) in [5.74, 6) is -11.9. The van der Waals surface area contributed by atoms with Crippen molar-refractivity contribution < 1.29 is 74.3 Å². The molecule has 25 heteroatoms. The number of alkyl halides is 6. The minimum absolute atomic E-state index is 0.119. The molecule has 6 aromatic rings. The normalized spacial score (nSPS) is 12.5. The molecule has 0 atom stereocenters. The molecule has 57 heavy (non-hydrogen) atoms. The first-order chi connectivity index (χ1) is 26.4. The summed E-state index contributed by atoms with van der Waals surface area (Å²) >= 11 is 0. The molecule has 0 aliphatic rings. The molecule has 0 bridgehead atoms. The number of benzene rings is 4. The van der Waals surface area contributed by atoms with Gasteiger partial charge in [-0.15, -0.1) is 13.2 Å². The summed E-state index contributed by atoms with van der Waals surface area (Å²) in [7, 11) is -11.2. The summed E-state index contributed by atoms with van der Waals surface area (Å²) in [4.78, 5) is 21.3. The van der Waals surface area contributed by atoms with Gasteiger partial charge in [0, 0.05) is 17.2 Å². The number of ether oxygens (including phenoxy) is 1. The fraction of sp³-hybridized carbons (Fsp3) is 0.0625. The van der Waals surface area contributed by atoms with Crippen LogP contribution < -0.4 is 26.1 Å². The van der Waals surface area contributed by atoms with E-state index < -0.39 is 122 Å². The molecule has 0 radical (unpaired) electrons. The van der Waals surface area contributed by atoms with Crippen molar-refractivity contribution in [2.45, 2.75) is 22.3 Å². The second-order valence-corrected chi connectivity index (χ2v) is 14.5. The van der Waals surface area contributed by atoms with Crippen molar-refractivity contribution in [3.05, 3.63) is 129 Å². The zero-order valence-corrected chi connectivity index (χ0v) is 28.9. The van der Waals surface area contributed by atoms with Gasteiger partial charge in [0.25, 0.3) is 10.0 Å². The van der Waals surface area contributed by atoms with Crippen molar-refractivity contribution in [2.75, 3.05) is 4.72 Å². The third-order valence-corrected chi connectivity index (χ3v) is 10.0. The molecule has 2 heterocycles. The molecule has 0 fully saturated rings. The average molecular weight is 855 g/mol. The van der Waals surface area contributed by atoms with Gasteiger partial charge in [-0.2, -0.15) is 13.2 Å². The Morgan fingerprint density at radius 1 is 0.684 bits per heavy atom. The van der Waals surface area contributed by atoms with E-state index in [1.165, 1.54) is 4.72 Å². The zero-order valence-electron chi connectivity index (χ0n) is 27.2. The Morgan fingerprint density at radius 3 is 1.77 bits per heavy atom. The monoisotopic (exact) mass is 854 g/mol. The minimum Gasteiger partial charge on any atom is -0.415 e.